The van der Waals surface area contributed by atoms with E-state index in [4.69, 9.17) is 9.47 Å². The number of hydrogen-bond acceptors (Lipinski definition) is 6. The molecule has 0 N–H and O–H groups in total. The minimum absolute atomic E-state index is 0.00696. The van der Waals surface area contributed by atoms with Gasteiger partial charge in [-0.1, -0.05) is 202 Å². The first-order chi connectivity index (χ1) is 30.3. The highest BCUT2D eigenvalue weighted by atomic mass is 16.5. The number of ether oxygens (including phenoxy) is 2. The third-order valence-corrected chi connectivity index (χ3v) is 13.0. The topological polar surface area (TPSA) is 73.7 Å². The van der Waals surface area contributed by atoms with Gasteiger partial charge in [0.05, 0.1) is 13.2 Å². The van der Waals surface area contributed by atoms with E-state index in [0.29, 0.717) is 37.9 Å². The molecular formula is C55H107N3O4. The molecule has 0 saturated carbocycles. The van der Waals surface area contributed by atoms with Crippen LogP contribution in [0.25, 0.3) is 0 Å². The molecule has 0 aliphatic rings. The summed E-state index contributed by atoms with van der Waals surface area (Å²) in [5.74, 6) is 2.15. The van der Waals surface area contributed by atoms with E-state index in [1.807, 2.05) is 24.7 Å². The van der Waals surface area contributed by atoms with Crippen molar-refractivity contribution >= 4 is 11.9 Å². The Kier molecular flexibility index (Phi) is 45.6. The molecular weight excluding hydrogens is 767 g/mol. The van der Waals surface area contributed by atoms with E-state index in [-0.39, 0.29) is 11.9 Å². The Morgan fingerprint density at radius 2 is 0.823 bits per heavy atom. The first-order valence-electron chi connectivity index (χ1n) is 27.3. The van der Waals surface area contributed by atoms with Crippen molar-refractivity contribution in [2.75, 3.05) is 32.8 Å². The summed E-state index contributed by atoms with van der Waals surface area (Å²) in [5.41, 5.74) is 0. The fourth-order valence-electron chi connectivity index (χ4n) is 8.47. The number of carbonyl (C=O) groups excluding carboxylic acids is 2. The molecule has 7 heteroatoms. The van der Waals surface area contributed by atoms with Crippen molar-refractivity contribution in [1.29, 1.82) is 0 Å². The molecule has 2 unspecified atom stereocenters. The summed E-state index contributed by atoms with van der Waals surface area (Å²) >= 11 is 0. The molecule has 366 valence electrons. The third-order valence-electron chi connectivity index (χ3n) is 13.0. The van der Waals surface area contributed by atoms with Gasteiger partial charge >= 0.3 is 11.9 Å². The lowest BCUT2D eigenvalue weighted by molar-refractivity contribution is -0.146. The zero-order valence-electron chi connectivity index (χ0n) is 42.8. The van der Waals surface area contributed by atoms with E-state index in [1.165, 1.54) is 180 Å². The second-order valence-electron chi connectivity index (χ2n) is 19.0. The van der Waals surface area contributed by atoms with E-state index in [1.54, 1.807) is 6.20 Å². The highest BCUT2D eigenvalue weighted by molar-refractivity contribution is 5.69. The molecule has 0 aromatic carbocycles. The molecule has 0 fully saturated rings. The molecule has 0 spiro atoms. The smallest absolute Gasteiger partial charge is 0.305 e. The van der Waals surface area contributed by atoms with Crippen LogP contribution in [-0.4, -0.2) is 59.2 Å². The third kappa shape index (κ3) is 40.9. The monoisotopic (exact) mass is 874 g/mol. The van der Waals surface area contributed by atoms with Gasteiger partial charge in [-0.05, 0) is 89.8 Å². The molecule has 1 rings (SSSR count). The first kappa shape index (κ1) is 60.1. The normalized spacial score (nSPS) is 12.3. The summed E-state index contributed by atoms with van der Waals surface area (Å²) < 4.78 is 13.7. The maximum absolute atomic E-state index is 12.6. The number of carbonyl (C=O) groups is 2. The van der Waals surface area contributed by atoms with Crippen molar-refractivity contribution < 1.29 is 19.1 Å². The van der Waals surface area contributed by atoms with E-state index >= 15 is 0 Å². The number of imidazole rings is 1. The molecule has 62 heavy (non-hydrogen) atoms. The Bertz CT molecular complexity index is 998. The van der Waals surface area contributed by atoms with Gasteiger partial charge in [-0.15, -0.1) is 0 Å². The first-order valence-corrected chi connectivity index (χ1v) is 27.3. The van der Waals surface area contributed by atoms with E-state index in [2.05, 4.69) is 44.5 Å². The van der Waals surface area contributed by atoms with Gasteiger partial charge in [0.15, 0.2) is 0 Å². The lowest BCUT2D eigenvalue weighted by atomic mass is 9.95. The highest BCUT2D eigenvalue weighted by Crippen LogP contribution is 2.22. The van der Waals surface area contributed by atoms with Gasteiger partial charge in [-0.3, -0.25) is 9.59 Å². The summed E-state index contributed by atoms with van der Waals surface area (Å²) in [7, 11) is 1.97. The molecule has 2 atom stereocenters. The van der Waals surface area contributed by atoms with Crippen molar-refractivity contribution in [2.24, 2.45) is 18.9 Å². The van der Waals surface area contributed by atoms with Crippen LogP contribution >= 0.6 is 0 Å². The molecule has 0 radical (unpaired) electrons. The molecule has 0 bridgehead atoms. The van der Waals surface area contributed by atoms with Gasteiger partial charge in [0.2, 0.25) is 0 Å². The van der Waals surface area contributed by atoms with Crippen molar-refractivity contribution in [2.45, 2.75) is 273 Å². The average Bonchev–Trinajstić information content (AvgIpc) is 3.65. The van der Waals surface area contributed by atoms with Gasteiger partial charge in [-0.25, -0.2) is 4.98 Å². The molecule has 1 aromatic heterocycles. The van der Waals surface area contributed by atoms with E-state index in [0.717, 1.165) is 64.0 Å². The van der Waals surface area contributed by atoms with Gasteiger partial charge in [-0.2, -0.15) is 0 Å². The van der Waals surface area contributed by atoms with Crippen LogP contribution in [0.5, 0.6) is 0 Å². The van der Waals surface area contributed by atoms with Gasteiger partial charge in [0.1, 0.15) is 5.82 Å². The van der Waals surface area contributed by atoms with Crippen LogP contribution in [0.2, 0.25) is 0 Å². The number of rotatable bonds is 45. The molecule has 0 aliphatic heterocycles. The molecule has 0 amide bonds. The lowest BCUT2D eigenvalue weighted by Crippen LogP contribution is -2.25. The zero-order chi connectivity index (χ0) is 45.6. The standard InChI is InChI=1S/C50H99NO4.C5H8N2/c1-6-11-15-19-21-25-31-39-47(37-29-23-17-13-8-3)45-54-49(52)41-33-27-35-43-51(10-5)44-36-28-34-42-50(53)55-46-48(38-30-24-18-14-9-4)40-32-26-22-20-16-12-7-2;1-5-6-3-4-7(5)2/h47-48H,6-46H2,1-5H3;3-4H,1-2H3. The van der Waals surface area contributed by atoms with Crippen molar-refractivity contribution in [1.82, 2.24) is 14.5 Å². The molecule has 1 aromatic rings. The van der Waals surface area contributed by atoms with Gasteiger partial charge < -0.3 is 18.9 Å². The van der Waals surface area contributed by atoms with Crippen LogP contribution in [0.15, 0.2) is 12.4 Å². The minimum Gasteiger partial charge on any atom is -0.465 e. The summed E-state index contributed by atoms with van der Waals surface area (Å²) in [6.07, 6.45) is 47.8. The summed E-state index contributed by atoms with van der Waals surface area (Å²) in [5, 5.41) is 0. The van der Waals surface area contributed by atoms with Crippen LogP contribution in [0.3, 0.4) is 0 Å². The van der Waals surface area contributed by atoms with Crippen molar-refractivity contribution in [3.63, 3.8) is 0 Å². The maximum atomic E-state index is 12.6. The molecule has 1 heterocycles. The SMILES string of the molecule is CCCCCCCCCC(CCCCCCC)COC(=O)CCCCCN(CC)CCCCCC(=O)OCC(CCCCCCC)CCCCCCCCC.Cc1nccn1C. The number of aryl methyl sites for hydroxylation is 2. The number of esters is 2. The Labute approximate surface area is 386 Å². The number of hydrogen-bond donors (Lipinski definition) is 0. The summed E-state index contributed by atoms with van der Waals surface area (Å²) in [6, 6.07) is 0. The average molecular weight is 874 g/mol. The lowest BCUT2D eigenvalue weighted by Gasteiger charge is -2.20. The Morgan fingerprint density at radius 3 is 1.10 bits per heavy atom. The fourth-order valence-corrected chi connectivity index (χ4v) is 8.47. The molecule has 0 saturated heterocycles. The predicted molar refractivity (Wildman–Crippen MR) is 268 cm³/mol. The van der Waals surface area contributed by atoms with Crippen LogP contribution in [0.4, 0.5) is 0 Å². The Balaban J connectivity index is 0.00000478. The zero-order valence-corrected chi connectivity index (χ0v) is 42.8. The second-order valence-corrected chi connectivity index (χ2v) is 19.0. The number of unbranched alkanes of at least 4 members (excludes halogenated alkanes) is 24. The maximum Gasteiger partial charge on any atom is 0.305 e. The second kappa shape index (κ2) is 47.1. The van der Waals surface area contributed by atoms with Crippen LogP contribution in [0.1, 0.15) is 272 Å². The van der Waals surface area contributed by atoms with Crippen molar-refractivity contribution in [3.8, 4) is 0 Å². The van der Waals surface area contributed by atoms with Crippen LogP contribution in [-0.2, 0) is 26.1 Å². The quantitative estimate of drug-likeness (QED) is 0.0480. The number of aromatic nitrogens is 2. The van der Waals surface area contributed by atoms with E-state index < -0.39 is 0 Å². The van der Waals surface area contributed by atoms with Gasteiger partial charge in [0.25, 0.3) is 0 Å². The number of nitrogens with zero attached hydrogens (tertiary/aromatic N) is 3. The van der Waals surface area contributed by atoms with Crippen LogP contribution in [0, 0.1) is 18.8 Å². The Hall–Kier alpha value is -1.89. The summed E-state index contributed by atoms with van der Waals surface area (Å²) in [6.45, 7) is 17.8. The highest BCUT2D eigenvalue weighted by Gasteiger charge is 2.14. The molecule has 0 aliphatic carbocycles. The summed E-state index contributed by atoms with van der Waals surface area (Å²) in [4.78, 5) is 31.7. The predicted octanol–water partition coefficient (Wildman–Crippen LogP) is 16.5. The van der Waals surface area contributed by atoms with Crippen LogP contribution < -0.4 is 0 Å². The Morgan fingerprint density at radius 1 is 0.500 bits per heavy atom. The van der Waals surface area contributed by atoms with Crippen molar-refractivity contribution in [3.05, 3.63) is 18.2 Å². The minimum atomic E-state index is 0.00696. The largest absolute Gasteiger partial charge is 0.465 e. The fraction of sp³-hybridized carbons (Fsp3) is 0.909. The van der Waals surface area contributed by atoms with Gasteiger partial charge in [0, 0.05) is 32.3 Å². The molecule has 7 nitrogen and oxygen atoms in total. The van der Waals surface area contributed by atoms with E-state index in [9.17, 15) is 9.59 Å².